The second kappa shape index (κ2) is 14.8. The summed E-state index contributed by atoms with van der Waals surface area (Å²) in [4.78, 5) is 2.41. The summed E-state index contributed by atoms with van der Waals surface area (Å²) >= 11 is 0. The van der Waals surface area contributed by atoms with Crippen LogP contribution in [0, 0.1) is 0 Å². The maximum atomic E-state index is 2.41. The fourth-order valence-electron chi connectivity index (χ4n) is 11.0. The van der Waals surface area contributed by atoms with E-state index in [9.17, 15) is 0 Å². The van der Waals surface area contributed by atoms with Crippen LogP contribution in [0.3, 0.4) is 0 Å². The zero-order chi connectivity index (χ0) is 42.9. The van der Waals surface area contributed by atoms with Gasteiger partial charge in [-0.15, -0.1) is 0 Å². The summed E-state index contributed by atoms with van der Waals surface area (Å²) in [6.45, 7) is 0. The Morgan fingerprint density at radius 1 is 0.308 bits per heavy atom. The topological polar surface area (TPSA) is 8.17 Å². The fourth-order valence-corrected chi connectivity index (χ4v) is 11.0. The van der Waals surface area contributed by atoms with Crippen molar-refractivity contribution in [3.8, 4) is 27.9 Å². The van der Waals surface area contributed by atoms with E-state index in [1.54, 1.807) is 0 Å². The van der Waals surface area contributed by atoms with Gasteiger partial charge < -0.3 is 9.47 Å². The molecule has 13 rings (SSSR count). The summed E-state index contributed by atoms with van der Waals surface area (Å²) in [5.74, 6) is 0. The van der Waals surface area contributed by atoms with Gasteiger partial charge in [0, 0.05) is 33.5 Å². The first kappa shape index (κ1) is 37.1. The van der Waals surface area contributed by atoms with Crippen molar-refractivity contribution in [2.75, 3.05) is 4.90 Å². The molecule has 0 radical (unpaired) electrons. The molecular formula is C63H42N2. The zero-order valence-corrected chi connectivity index (χ0v) is 35.6. The van der Waals surface area contributed by atoms with Crippen LogP contribution < -0.4 is 4.90 Å². The fraction of sp³-hybridized carbons (Fsp3) is 0.0159. The Hall–Kier alpha value is -8.46. The predicted octanol–water partition coefficient (Wildman–Crippen LogP) is 16.6. The zero-order valence-electron chi connectivity index (χ0n) is 35.6. The van der Waals surface area contributed by atoms with Crippen LogP contribution in [0.1, 0.15) is 22.3 Å². The van der Waals surface area contributed by atoms with Gasteiger partial charge in [-0.05, 0) is 133 Å². The first-order valence-corrected chi connectivity index (χ1v) is 22.5. The first-order valence-electron chi connectivity index (χ1n) is 22.5. The SMILES string of the molecule is c1ccc(-c2ccc(N(c3ccc(C4(c5ccccc5)c5ccccc5-c5ccccc54)cc3)c3ccc4c(ccc5cc6c7ccccc7n(-c7ccccc7)c6cc54)c3)cc2)cc1. The molecule has 1 aliphatic rings. The summed E-state index contributed by atoms with van der Waals surface area (Å²) in [5, 5.41) is 7.44. The molecule has 0 saturated carbocycles. The van der Waals surface area contributed by atoms with Crippen LogP contribution in [0.15, 0.2) is 255 Å². The molecule has 304 valence electrons. The Morgan fingerprint density at radius 3 is 1.52 bits per heavy atom. The average Bonchev–Trinajstić information content (AvgIpc) is 3.87. The van der Waals surface area contributed by atoms with E-state index in [0.29, 0.717) is 0 Å². The molecule has 0 amide bonds. The molecule has 0 saturated heterocycles. The number of nitrogens with zero attached hydrogens (tertiary/aromatic N) is 2. The molecule has 2 heteroatoms. The van der Waals surface area contributed by atoms with Gasteiger partial charge in [-0.2, -0.15) is 0 Å². The molecule has 11 aromatic carbocycles. The van der Waals surface area contributed by atoms with Crippen molar-refractivity contribution in [2.24, 2.45) is 0 Å². The van der Waals surface area contributed by atoms with Crippen LogP contribution in [0.4, 0.5) is 17.1 Å². The molecule has 1 heterocycles. The van der Waals surface area contributed by atoms with Crippen LogP contribution in [0.25, 0.3) is 71.3 Å². The predicted molar refractivity (Wildman–Crippen MR) is 273 cm³/mol. The van der Waals surface area contributed by atoms with E-state index in [1.807, 2.05) is 0 Å². The second-order valence-corrected chi connectivity index (χ2v) is 17.3. The van der Waals surface area contributed by atoms with E-state index in [1.165, 1.54) is 87.9 Å². The molecule has 0 spiro atoms. The van der Waals surface area contributed by atoms with E-state index >= 15 is 0 Å². The van der Waals surface area contributed by atoms with Crippen molar-refractivity contribution >= 4 is 60.4 Å². The molecule has 0 aliphatic heterocycles. The minimum Gasteiger partial charge on any atom is -0.310 e. The van der Waals surface area contributed by atoms with Gasteiger partial charge in [0.05, 0.1) is 16.4 Å². The van der Waals surface area contributed by atoms with Crippen LogP contribution in [0.5, 0.6) is 0 Å². The highest BCUT2D eigenvalue weighted by Gasteiger charge is 2.45. The Bertz CT molecular complexity index is 3690. The summed E-state index contributed by atoms with van der Waals surface area (Å²) in [5.41, 5.74) is 16.5. The van der Waals surface area contributed by atoms with E-state index in [-0.39, 0.29) is 0 Å². The quantitative estimate of drug-likeness (QED) is 0.145. The lowest BCUT2D eigenvalue weighted by molar-refractivity contribution is 0.768. The van der Waals surface area contributed by atoms with Crippen molar-refractivity contribution in [3.63, 3.8) is 0 Å². The van der Waals surface area contributed by atoms with Crippen LogP contribution in [0.2, 0.25) is 0 Å². The Balaban J connectivity index is 0.981. The normalized spacial score (nSPS) is 12.7. The molecule has 0 atom stereocenters. The number of benzene rings is 11. The summed E-state index contributed by atoms with van der Waals surface area (Å²) in [6, 6.07) is 93.8. The monoisotopic (exact) mass is 826 g/mol. The molecular weight excluding hydrogens is 785 g/mol. The number of hydrogen-bond acceptors (Lipinski definition) is 1. The lowest BCUT2D eigenvalue weighted by Gasteiger charge is -2.34. The van der Waals surface area contributed by atoms with Crippen LogP contribution in [-0.4, -0.2) is 4.57 Å². The third-order valence-corrected chi connectivity index (χ3v) is 13.8. The molecule has 0 unspecified atom stereocenters. The molecule has 2 nitrogen and oxygen atoms in total. The van der Waals surface area contributed by atoms with Gasteiger partial charge in [-0.1, -0.05) is 188 Å². The van der Waals surface area contributed by atoms with Crippen molar-refractivity contribution in [2.45, 2.75) is 5.41 Å². The minimum atomic E-state index is -0.462. The largest absolute Gasteiger partial charge is 0.310 e. The molecule has 65 heavy (non-hydrogen) atoms. The smallest absolute Gasteiger partial charge is 0.0713 e. The van der Waals surface area contributed by atoms with Gasteiger partial charge in [0.15, 0.2) is 0 Å². The highest BCUT2D eigenvalue weighted by molar-refractivity contribution is 6.18. The summed E-state index contributed by atoms with van der Waals surface area (Å²) < 4.78 is 2.41. The first-order chi connectivity index (χ1) is 32.2. The molecule has 1 aliphatic carbocycles. The number of para-hydroxylation sites is 2. The molecule has 0 bridgehead atoms. The standard InChI is InChI=1S/C63H42N2/c1-4-16-43(17-5-1)44-30-34-50(35-31-44)64(51-36-32-48(33-37-51)63(47-18-6-2-7-19-47)59-25-13-10-22-54(59)55-23-11-14-26-60(55)63)52-38-39-53-45(40-52)28-29-46-41-58-56-24-12-15-27-61(56)65(62(58)42-57(46)53)49-20-8-3-9-21-49/h1-42H. The maximum Gasteiger partial charge on any atom is 0.0713 e. The Kier molecular flexibility index (Phi) is 8.47. The number of fused-ring (bicyclic) bond motifs is 9. The minimum absolute atomic E-state index is 0.462. The lowest BCUT2D eigenvalue weighted by atomic mass is 9.68. The van der Waals surface area contributed by atoms with Crippen molar-refractivity contribution < 1.29 is 0 Å². The van der Waals surface area contributed by atoms with Crippen LogP contribution >= 0.6 is 0 Å². The summed E-state index contributed by atoms with van der Waals surface area (Å²) in [6.07, 6.45) is 0. The maximum absolute atomic E-state index is 2.41. The van der Waals surface area contributed by atoms with Gasteiger partial charge in [0.2, 0.25) is 0 Å². The van der Waals surface area contributed by atoms with Gasteiger partial charge in [-0.3, -0.25) is 0 Å². The number of aromatic nitrogens is 1. The highest BCUT2D eigenvalue weighted by Crippen LogP contribution is 2.56. The average molecular weight is 827 g/mol. The summed E-state index contributed by atoms with van der Waals surface area (Å²) in [7, 11) is 0. The molecule has 0 N–H and O–H groups in total. The van der Waals surface area contributed by atoms with Crippen molar-refractivity contribution in [1.82, 2.24) is 4.57 Å². The van der Waals surface area contributed by atoms with E-state index < -0.39 is 5.41 Å². The third-order valence-electron chi connectivity index (χ3n) is 13.8. The van der Waals surface area contributed by atoms with E-state index in [0.717, 1.165) is 22.7 Å². The number of hydrogen-bond donors (Lipinski definition) is 0. The Morgan fingerprint density at radius 2 is 0.831 bits per heavy atom. The van der Waals surface area contributed by atoms with Gasteiger partial charge in [-0.25, -0.2) is 0 Å². The van der Waals surface area contributed by atoms with E-state index in [4.69, 9.17) is 0 Å². The van der Waals surface area contributed by atoms with Crippen molar-refractivity contribution in [3.05, 3.63) is 277 Å². The van der Waals surface area contributed by atoms with E-state index in [2.05, 4.69) is 264 Å². The molecule has 12 aromatic rings. The Labute approximate surface area is 378 Å². The van der Waals surface area contributed by atoms with Gasteiger partial charge >= 0.3 is 0 Å². The van der Waals surface area contributed by atoms with Gasteiger partial charge in [0.1, 0.15) is 0 Å². The van der Waals surface area contributed by atoms with Gasteiger partial charge in [0.25, 0.3) is 0 Å². The molecule has 1 aromatic heterocycles. The highest BCUT2D eigenvalue weighted by atomic mass is 15.1. The second-order valence-electron chi connectivity index (χ2n) is 17.3. The number of rotatable bonds is 7. The van der Waals surface area contributed by atoms with Crippen LogP contribution in [-0.2, 0) is 5.41 Å². The van der Waals surface area contributed by atoms with Crippen molar-refractivity contribution in [1.29, 1.82) is 0 Å². The molecule has 0 fully saturated rings. The lowest BCUT2D eigenvalue weighted by Crippen LogP contribution is -2.28. The third kappa shape index (κ3) is 5.74. The number of anilines is 3.